The zero-order valence-electron chi connectivity index (χ0n) is 11.9. The second-order valence-electron chi connectivity index (χ2n) is 6.95. The zero-order chi connectivity index (χ0) is 13.7. The van der Waals surface area contributed by atoms with Gasteiger partial charge in [-0.3, -0.25) is 0 Å². The van der Waals surface area contributed by atoms with Crippen molar-refractivity contribution in [1.29, 1.82) is 5.26 Å². The van der Waals surface area contributed by atoms with Crippen LogP contribution in [0.1, 0.15) is 24.0 Å². The van der Waals surface area contributed by atoms with Gasteiger partial charge in [0.15, 0.2) is 0 Å². The van der Waals surface area contributed by atoms with E-state index in [-0.39, 0.29) is 6.71 Å². The van der Waals surface area contributed by atoms with Crippen LogP contribution in [0.3, 0.4) is 0 Å². The van der Waals surface area contributed by atoms with Crippen LogP contribution >= 0.6 is 0 Å². The van der Waals surface area contributed by atoms with E-state index in [4.69, 9.17) is 10.00 Å². The summed E-state index contributed by atoms with van der Waals surface area (Å²) in [6, 6.07) is 6.29. The van der Waals surface area contributed by atoms with E-state index in [2.05, 4.69) is 36.1 Å². The highest BCUT2D eigenvalue weighted by molar-refractivity contribution is 6.67. The van der Waals surface area contributed by atoms with Crippen molar-refractivity contribution >= 4 is 6.71 Å². The Morgan fingerprint density at radius 1 is 1.35 bits per heavy atom. The molecule has 0 radical (unpaired) electrons. The van der Waals surface area contributed by atoms with Crippen LogP contribution in [0.15, 0.2) is 18.2 Å². The lowest BCUT2D eigenvalue weighted by Gasteiger charge is -2.57. The fourth-order valence-corrected chi connectivity index (χ4v) is 4.35. The minimum absolute atomic E-state index is 0.141. The van der Waals surface area contributed by atoms with Gasteiger partial charge >= 0.3 is 0 Å². The maximum Gasteiger partial charge on any atom is 0.276 e. The number of nitrogens with zero attached hydrogens (tertiary/aromatic N) is 2. The first kappa shape index (κ1) is 12.3. The predicted molar refractivity (Wildman–Crippen MR) is 78.8 cm³/mol. The molecule has 0 unspecified atom stereocenters. The Morgan fingerprint density at radius 2 is 2.15 bits per heavy atom. The van der Waals surface area contributed by atoms with Crippen LogP contribution in [-0.4, -0.2) is 37.9 Å². The molecule has 0 aromatic heterocycles. The van der Waals surface area contributed by atoms with Gasteiger partial charge in [0.2, 0.25) is 0 Å². The Morgan fingerprint density at radius 3 is 2.85 bits per heavy atom. The minimum Gasteiger partial charge on any atom is -0.490 e. The van der Waals surface area contributed by atoms with Gasteiger partial charge in [-0.15, -0.1) is 0 Å². The fraction of sp³-hybridized carbons (Fsp3) is 0.562. The molecule has 0 amide bonds. The van der Waals surface area contributed by atoms with E-state index in [0.29, 0.717) is 11.5 Å². The molecule has 3 aliphatic rings. The molecule has 2 heterocycles. The maximum absolute atomic E-state index is 9.11. The number of hydrogen-bond acceptors (Lipinski definition) is 3. The third kappa shape index (κ3) is 1.84. The third-order valence-corrected chi connectivity index (χ3v) is 5.16. The number of ether oxygens (including phenoxy) is 1. The van der Waals surface area contributed by atoms with Gasteiger partial charge in [0, 0.05) is 24.5 Å². The highest BCUT2D eigenvalue weighted by Gasteiger charge is 2.52. The number of benzene rings is 1. The molecule has 2 aliphatic heterocycles. The van der Waals surface area contributed by atoms with Crippen molar-refractivity contribution in [2.24, 2.45) is 5.41 Å². The van der Waals surface area contributed by atoms with Crippen LogP contribution in [-0.2, 0) is 12.6 Å². The van der Waals surface area contributed by atoms with E-state index in [1.54, 1.807) is 0 Å². The minimum atomic E-state index is 0.141. The average Bonchev–Trinajstić information content (AvgIpc) is 2.78. The fourth-order valence-electron chi connectivity index (χ4n) is 4.35. The van der Waals surface area contributed by atoms with E-state index >= 15 is 0 Å². The van der Waals surface area contributed by atoms with Crippen LogP contribution in [0.4, 0.5) is 0 Å². The van der Waals surface area contributed by atoms with Gasteiger partial charge in [0.1, 0.15) is 5.75 Å². The molecule has 0 bridgehead atoms. The Balaban J connectivity index is 1.44. The molecular weight excluding hydrogens is 247 g/mol. The number of rotatable bonds is 2. The number of fused-ring (bicyclic) bond motifs is 1. The Bertz CT molecular complexity index is 581. The molecule has 2 fully saturated rings. The van der Waals surface area contributed by atoms with Crippen molar-refractivity contribution in [3.05, 3.63) is 29.3 Å². The monoisotopic (exact) mass is 266 g/mol. The van der Waals surface area contributed by atoms with Crippen molar-refractivity contribution < 1.29 is 4.74 Å². The van der Waals surface area contributed by atoms with E-state index in [9.17, 15) is 0 Å². The molecule has 102 valence electrons. The van der Waals surface area contributed by atoms with Crippen molar-refractivity contribution in [3.8, 4) is 11.7 Å². The van der Waals surface area contributed by atoms with Crippen LogP contribution < -0.4 is 4.74 Å². The summed E-state index contributed by atoms with van der Waals surface area (Å²) in [5, 5.41) is 9.11. The average molecular weight is 266 g/mol. The Kier molecular flexibility index (Phi) is 2.62. The van der Waals surface area contributed by atoms with Crippen molar-refractivity contribution in [2.75, 3.05) is 20.1 Å². The topological polar surface area (TPSA) is 36.3 Å². The maximum atomic E-state index is 9.11. The van der Waals surface area contributed by atoms with Crippen LogP contribution in [0.25, 0.3) is 0 Å². The molecule has 4 heteroatoms. The van der Waals surface area contributed by atoms with Gasteiger partial charge in [-0.25, -0.2) is 5.26 Å². The number of hydrogen-bond donors (Lipinski definition) is 0. The quantitative estimate of drug-likeness (QED) is 0.767. The van der Waals surface area contributed by atoms with Crippen LogP contribution in [0.5, 0.6) is 5.75 Å². The van der Waals surface area contributed by atoms with Gasteiger partial charge in [-0.05, 0) is 49.7 Å². The smallest absolute Gasteiger partial charge is 0.276 e. The molecule has 3 nitrogen and oxygen atoms in total. The Labute approximate surface area is 120 Å². The molecule has 1 spiro atoms. The van der Waals surface area contributed by atoms with Crippen molar-refractivity contribution in [2.45, 2.75) is 31.6 Å². The summed E-state index contributed by atoms with van der Waals surface area (Å²) in [6.45, 7) is 2.61. The largest absolute Gasteiger partial charge is 0.490 e. The summed E-state index contributed by atoms with van der Waals surface area (Å²) in [7, 11) is 2.19. The van der Waals surface area contributed by atoms with Gasteiger partial charge in [0.25, 0.3) is 6.71 Å². The first-order valence-electron chi connectivity index (χ1n) is 7.53. The van der Waals surface area contributed by atoms with E-state index in [1.165, 1.54) is 37.1 Å². The summed E-state index contributed by atoms with van der Waals surface area (Å²) in [4.78, 5) is 2.38. The standard InChI is InChI=1S/C16H19BN2O/c1-19-9-16(10-19)5-13(6-16)20-15-4-2-3-12-7-17(11-18)8-14(12)15/h2-4,13H,5-10H2,1H3. The second-order valence-corrected chi connectivity index (χ2v) is 6.95. The highest BCUT2D eigenvalue weighted by Crippen LogP contribution is 2.49. The lowest BCUT2D eigenvalue weighted by atomic mass is 9.49. The molecule has 20 heavy (non-hydrogen) atoms. The van der Waals surface area contributed by atoms with E-state index in [0.717, 1.165) is 18.4 Å². The number of likely N-dealkylation sites (tertiary alicyclic amines) is 1. The molecule has 1 aromatic rings. The molecule has 0 N–H and O–H groups in total. The first-order chi connectivity index (χ1) is 9.67. The summed E-state index contributed by atoms with van der Waals surface area (Å²) in [6.07, 6.45) is 4.53. The van der Waals surface area contributed by atoms with E-state index in [1.807, 2.05) is 0 Å². The number of nitriles is 1. The molecule has 1 aromatic carbocycles. The lowest BCUT2D eigenvalue weighted by molar-refractivity contribution is -0.109. The van der Waals surface area contributed by atoms with Gasteiger partial charge < -0.3 is 9.64 Å². The van der Waals surface area contributed by atoms with Crippen LogP contribution in [0.2, 0.25) is 0 Å². The molecular formula is C16H19BN2O. The normalized spacial score (nSPS) is 23.9. The zero-order valence-corrected chi connectivity index (χ0v) is 11.9. The molecule has 1 saturated heterocycles. The van der Waals surface area contributed by atoms with Crippen molar-refractivity contribution in [3.63, 3.8) is 0 Å². The Hall–Kier alpha value is -1.47. The van der Waals surface area contributed by atoms with Gasteiger partial charge in [-0.1, -0.05) is 12.1 Å². The first-order valence-corrected chi connectivity index (χ1v) is 7.53. The molecule has 1 saturated carbocycles. The predicted octanol–water partition coefficient (Wildman–Crippen LogP) is 1.89. The summed E-state index contributed by atoms with van der Waals surface area (Å²) < 4.78 is 6.22. The molecule has 1 aliphatic carbocycles. The van der Waals surface area contributed by atoms with E-state index < -0.39 is 0 Å². The molecule has 0 atom stereocenters. The molecule has 4 rings (SSSR count). The van der Waals surface area contributed by atoms with Crippen molar-refractivity contribution in [1.82, 2.24) is 4.90 Å². The summed E-state index contributed by atoms with van der Waals surface area (Å²) in [5.74, 6) is 3.43. The summed E-state index contributed by atoms with van der Waals surface area (Å²) in [5.41, 5.74) is 3.16. The highest BCUT2D eigenvalue weighted by atomic mass is 16.5. The second kappa shape index (κ2) is 4.26. The third-order valence-electron chi connectivity index (χ3n) is 5.16. The summed E-state index contributed by atoms with van der Waals surface area (Å²) >= 11 is 0. The SMILES string of the molecule is CN1CC2(CC(Oc3cccc4c3CB(C#N)C4)C2)C1. The van der Waals surface area contributed by atoms with Gasteiger partial charge in [0.05, 0.1) is 6.10 Å². The van der Waals surface area contributed by atoms with Gasteiger partial charge in [-0.2, -0.15) is 0 Å². The lowest BCUT2D eigenvalue weighted by Crippen LogP contribution is -2.63. The van der Waals surface area contributed by atoms with Crippen LogP contribution in [0, 0.1) is 16.6 Å².